The molecule has 1 heterocycles. The number of nitrogens with zero attached hydrogens (tertiary/aromatic N) is 1. The number of carbonyl (C=O) groups is 1. The number of anilines is 1. The van der Waals surface area contributed by atoms with Crippen molar-refractivity contribution in [3.63, 3.8) is 0 Å². The van der Waals surface area contributed by atoms with E-state index in [1.807, 2.05) is 6.07 Å². The lowest BCUT2D eigenvalue weighted by molar-refractivity contribution is -0.118. The van der Waals surface area contributed by atoms with Crippen LogP contribution in [0.15, 0.2) is 36.4 Å². The second kappa shape index (κ2) is 6.78. The topological polar surface area (TPSA) is 48.0 Å². The lowest BCUT2D eigenvalue weighted by Gasteiger charge is -2.29. The molecule has 1 aliphatic rings. The average molecular weight is 331 g/mol. The van der Waals surface area contributed by atoms with Gasteiger partial charge in [0.1, 0.15) is 18.2 Å². The molecule has 0 spiro atoms. The van der Waals surface area contributed by atoms with Crippen LogP contribution in [0.2, 0.25) is 0 Å². The summed E-state index contributed by atoms with van der Waals surface area (Å²) >= 11 is 0. The Bertz CT molecular complexity index is 763. The maximum Gasteiger partial charge on any atom is 0.231 e. The second-order valence-electron chi connectivity index (χ2n) is 5.37. The summed E-state index contributed by atoms with van der Waals surface area (Å²) in [7, 11) is 3.10. The Balaban J connectivity index is 1.83. The Morgan fingerprint density at radius 2 is 1.96 bits per heavy atom. The number of halogens is 1. The summed E-state index contributed by atoms with van der Waals surface area (Å²) in [6.07, 6.45) is 0.177. The molecule has 0 saturated carbocycles. The molecule has 0 atom stereocenters. The molecule has 0 aliphatic carbocycles. The summed E-state index contributed by atoms with van der Waals surface area (Å²) in [6.45, 7) is 0.777. The third-order valence-corrected chi connectivity index (χ3v) is 3.89. The predicted octanol–water partition coefficient (Wildman–Crippen LogP) is 2.81. The highest BCUT2D eigenvalue weighted by Gasteiger charge is 2.24. The number of ether oxygens (including phenoxy) is 3. The molecule has 24 heavy (non-hydrogen) atoms. The van der Waals surface area contributed by atoms with Gasteiger partial charge in [-0.2, -0.15) is 0 Å². The van der Waals surface area contributed by atoms with Crippen LogP contribution < -0.4 is 19.1 Å². The highest BCUT2D eigenvalue weighted by molar-refractivity contribution is 5.96. The number of carbonyl (C=O) groups excluding carboxylic acids is 1. The number of rotatable bonds is 4. The van der Waals surface area contributed by atoms with Gasteiger partial charge in [0.2, 0.25) is 5.91 Å². The fraction of sp³-hybridized carbons (Fsp3) is 0.278. The molecular weight excluding hydrogens is 313 g/mol. The van der Waals surface area contributed by atoms with Crippen LogP contribution in [0.5, 0.6) is 17.2 Å². The van der Waals surface area contributed by atoms with Gasteiger partial charge in [-0.15, -0.1) is 0 Å². The normalized spacial score (nSPS) is 13.0. The van der Waals surface area contributed by atoms with E-state index < -0.39 is 5.82 Å². The van der Waals surface area contributed by atoms with Crippen molar-refractivity contribution in [3.8, 4) is 17.2 Å². The van der Waals surface area contributed by atoms with E-state index in [0.29, 0.717) is 36.1 Å². The van der Waals surface area contributed by atoms with Gasteiger partial charge in [-0.3, -0.25) is 4.79 Å². The molecule has 0 N–H and O–H groups in total. The fourth-order valence-corrected chi connectivity index (χ4v) is 2.71. The van der Waals surface area contributed by atoms with Crippen molar-refractivity contribution in [2.45, 2.75) is 6.42 Å². The Morgan fingerprint density at radius 3 is 2.71 bits per heavy atom. The van der Waals surface area contributed by atoms with Crippen LogP contribution in [-0.2, 0) is 11.2 Å². The van der Waals surface area contributed by atoms with Gasteiger partial charge in [-0.05, 0) is 29.8 Å². The summed E-state index contributed by atoms with van der Waals surface area (Å²) < 4.78 is 29.4. The lowest BCUT2D eigenvalue weighted by atomic mass is 10.1. The van der Waals surface area contributed by atoms with Crippen molar-refractivity contribution in [3.05, 3.63) is 47.8 Å². The zero-order chi connectivity index (χ0) is 17.1. The van der Waals surface area contributed by atoms with Crippen LogP contribution in [-0.4, -0.2) is 33.3 Å². The van der Waals surface area contributed by atoms with Crippen LogP contribution in [0.25, 0.3) is 0 Å². The van der Waals surface area contributed by atoms with E-state index in [0.717, 1.165) is 5.56 Å². The first-order valence-corrected chi connectivity index (χ1v) is 7.56. The summed E-state index contributed by atoms with van der Waals surface area (Å²) in [4.78, 5) is 14.2. The summed E-state index contributed by atoms with van der Waals surface area (Å²) in [5.74, 6) is 1.16. The van der Waals surface area contributed by atoms with Crippen LogP contribution in [0.1, 0.15) is 5.56 Å². The van der Waals surface area contributed by atoms with Crippen molar-refractivity contribution in [1.29, 1.82) is 0 Å². The fourth-order valence-electron chi connectivity index (χ4n) is 2.71. The molecule has 1 aliphatic heterocycles. The monoisotopic (exact) mass is 331 g/mol. The van der Waals surface area contributed by atoms with Crippen LogP contribution >= 0.6 is 0 Å². The Kier molecular flexibility index (Phi) is 4.55. The third-order valence-electron chi connectivity index (χ3n) is 3.89. The van der Waals surface area contributed by atoms with Crippen molar-refractivity contribution in [1.82, 2.24) is 0 Å². The van der Waals surface area contributed by atoms with E-state index in [-0.39, 0.29) is 12.3 Å². The van der Waals surface area contributed by atoms with Crippen molar-refractivity contribution in [2.24, 2.45) is 0 Å². The van der Waals surface area contributed by atoms with Gasteiger partial charge in [-0.1, -0.05) is 6.07 Å². The smallest absolute Gasteiger partial charge is 0.231 e. The van der Waals surface area contributed by atoms with Crippen molar-refractivity contribution in [2.75, 3.05) is 32.3 Å². The Hall–Kier alpha value is -2.76. The summed E-state index contributed by atoms with van der Waals surface area (Å²) in [5.41, 5.74) is 1.26. The first-order chi connectivity index (χ1) is 11.6. The maximum absolute atomic E-state index is 13.5. The molecule has 0 aromatic heterocycles. The van der Waals surface area contributed by atoms with Gasteiger partial charge in [0.15, 0.2) is 11.5 Å². The first-order valence-electron chi connectivity index (χ1n) is 7.56. The molecule has 5 nitrogen and oxygen atoms in total. The number of fused-ring (bicyclic) bond motifs is 1. The van der Waals surface area contributed by atoms with E-state index in [2.05, 4.69) is 0 Å². The summed E-state index contributed by atoms with van der Waals surface area (Å²) in [5, 5.41) is 0. The number of hydrogen-bond acceptors (Lipinski definition) is 4. The molecule has 0 bridgehead atoms. The number of hydrogen-bond donors (Lipinski definition) is 0. The third kappa shape index (κ3) is 3.13. The minimum Gasteiger partial charge on any atom is -0.493 e. The molecule has 6 heteroatoms. The Labute approximate surface area is 139 Å². The van der Waals surface area contributed by atoms with Crippen LogP contribution in [0.3, 0.4) is 0 Å². The zero-order valence-electron chi connectivity index (χ0n) is 13.5. The number of methoxy groups -OCH3 is 2. The predicted molar refractivity (Wildman–Crippen MR) is 87.5 cm³/mol. The van der Waals surface area contributed by atoms with Crippen LogP contribution in [0, 0.1) is 5.82 Å². The zero-order valence-corrected chi connectivity index (χ0v) is 13.5. The van der Waals surface area contributed by atoms with E-state index in [1.165, 1.54) is 12.1 Å². The largest absolute Gasteiger partial charge is 0.493 e. The van der Waals surface area contributed by atoms with Gasteiger partial charge < -0.3 is 19.1 Å². The molecular formula is C18H18FNO4. The Morgan fingerprint density at radius 1 is 1.17 bits per heavy atom. The van der Waals surface area contributed by atoms with Gasteiger partial charge in [0, 0.05) is 6.07 Å². The highest BCUT2D eigenvalue weighted by atomic mass is 19.1. The first kappa shape index (κ1) is 16.1. The van der Waals surface area contributed by atoms with E-state index >= 15 is 0 Å². The van der Waals surface area contributed by atoms with E-state index in [1.54, 1.807) is 37.3 Å². The SMILES string of the molecule is COc1ccc(CC(=O)N2CCOc3ccc(F)cc32)cc1OC. The second-order valence-corrected chi connectivity index (χ2v) is 5.37. The molecule has 0 unspecified atom stereocenters. The van der Waals surface area contributed by atoms with E-state index in [4.69, 9.17) is 14.2 Å². The average Bonchev–Trinajstić information content (AvgIpc) is 2.60. The number of benzene rings is 2. The molecule has 0 fully saturated rings. The molecule has 1 amide bonds. The quantitative estimate of drug-likeness (QED) is 0.864. The molecule has 0 saturated heterocycles. The van der Waals surface area contributed by atoms with Crippen LogP contribution in [0.4, 0.5) is 10.1 Å². The molecule has 2 aromatic rings. The van der Waals surface area contributed by atoms with Crippen molar-refractivity contribution < 1.29 is 23.4 Å². The standard InChI is InChI=1S/C18H18FNO4/c1-22-16-5-3-12(9-17(16)23-2)10-18(21)20-7-8-24-15-6-4-13(19)11-14(15)20/h3-6,9,11H,7-8,10H2,1-2H3. The molecule has 3 rings (SSSR count). The number of amides is 1. The molecule has 2 aromatic carbocycles. The highest BCUT2D eigenvalue weighted by Crippen LogP contribution is 2.33. The maximum atomic E-state index is 13.5. The van der Waals surface area contributed by atoms with Crippen molar-refractivity contribution >= 4 is 11.6 Å². The minimum absolute atomic E-state index is 0.127. The molecule has 126 valence electrons. The molecule has 0 radical (unpaired) electrons. The van der Waals surface area contributed by atoms with E-state index in [9.17, 15) is 9.18 Å². The van der Waals surface area contributed by atoms with Gasteiger partial charge in [0.05, 0.1) is 32.9 Å². The summed E-state index contributed by atoms with van der Waals surface area (Å²) in [6, 6.07) is 9.52. The lowest BCUT2D eigenvalue weighted by Crippen LogP contribution is -2.38. The van der Waals surface area contributed by atoms with Gasteiger partial charge in [0.25, 0.3) is 0 Å². The van der Waals surface area contributed by atoms with Gasteiger partial charge >= 0.3 is 0 Å². The van der Waals surface area contributed by atoms with Gasteiger partial charge in [-0.25, -0.2) is 4.39 Å². The minimum atomic E-state index is -0.400.